The zero-order valence-electron chi connectivity index (χ0n) is 21.2. The number of carbonyl (C=O) groups excluding carboxylic acids is 1. The zero-order valence-corrected chi connectivity index (χ0v) is 22.7. The molecule has 39 heavy (non-hydrogen) atoms. The van der Waals surface area contributed by atoms with E-state index in [1.807, 2.05) is 84.9 Å². The summed E-state index contributed by atoms with van der Waals surface area (Å²) in [6.07, 6.45) is -0.871. The van der Waals surface area contributed by atoms with Crippen LogP contribution in [0.2, 0.25) is 5.02 Å². The van der Waals surface area contributed by atoms with E-state index in [4.69, 9.17) is 26.1 Å². The third-order valence-corrected chi connectivity index (χ3v) is 7.82. The van der Waals surface area contributed by atoms with Crippen LogP contribution in [0.1, 0.15) is 24.3 Å². The number of hydrogen-bond acceptors (Lipinski definition) is 7. The Morgan fingerprint density at radius 1 is 1.00 bits per heavy atom. The SMILES string of the molecule is COc1ccc2ccccc2c1C1Oc2nc(SCc3ccccc3Cl)nnc2-c2ccccc2N1C(C)=O. The van der Waals surface area contributed by atoms with E-state index in [9.17, 15) is 4.79 Å². The smallest absolute Gasteiger partial charge is 0.247 e. The fraction of sp³-hybridized carbons (Fsp3) is 0.133. The van der Waals surface area contributed by atoms with Crippen molar-refractivity contribution in [2.24, 2.45) is 0 Å². The second-order valence-electron chi connectivity index (χ2n) is 8.91. The van der Waals surface area contributed by atoms with Gasteiger partial charge in [-0.3, -0.25) is 9.69 Å². The zero-order chi connectivity index (χ0) is 26.9. The maximum atomic E-state index is 13.3. The molecule has 5 aromatic rings. The molecule has 0 fully saturated rings. The number of fused-ring (bicyclic) bond motifs is 4. The Balaban J connectivity index is 1.51. The lowest BCUT2D eigenvalue weighted by Crippen LogP contribution is -2.36. The first-order valence-electron chi connectivity index (χ1n) is 12.3. The highest BCUT2D eigenvalue weighted by atomic mass is 35.5. The molecule has 0 spiro atoms. The van der Waals surface area contributed by atoms with Gasteiger partial charge in [-0.2, -0.15) is 4.98 Å². The molecule has 194 valence electrons. The first-order valence-corrected chi connectivity index (χ1v) is 13.6. The van der Waals surface area contributed by atoms with Crippen molar-refractivity contribution in [3.8, 4) is 22.9 Å². The summed E-state index contributed by atoms with van der Waals surface area (Å²) >= 11 is 7.76. The number of para-hydroxylation sites is 1. The van der Waals surface area contributed by atoms with Crippen molar-refractivity contribution in [1.82, 2.24) is 15.2 Å². The van der Waals surface area contributed by atoms with Gasteiger partial charge in [-0.15, -0.1) is 10.2 Å². The second-order valence-corrected chi connectivity index (χ2v) is 10.3. The van der Waals surface area contributed by atoms with Crippen molar-refractivity contribution in [1.29, 1.82) is 0 Å². The number of nitrogens with zero attached hydrogens (tertiary/aromatic N) is 4. The molecule has 2 heterocycles. The molecule has 6 rings (SSSR count). The Bertz CT molecular complexity index is 1710. The molecule has 1 atom stereocenters. The van der Waals surface area contributed by atoms with Crippen molar-refractivity contribution >= 4 is 45.7 Å². The van der Waals surface area contributed by atoms with Gasteiger partial charge >= 0.3 is 0 Å². The van der Waals surface area contributed by atoms with E-state index < -0.39 is 6.23 Å². The number of anilines is 1. The van der Waals surface area contributed by atoms with Gasteiger partial charge in [0, 0.05) is 23.3 Å². The number of benzene rings is 4. The number of ether oxygens (including phenoxy) is 2. The average Bonchev–Trinajstić information content (AvgIpc) is 3.10. The van der Waals surface area contributed by atoms with E-state index in [2.05, 4.69) is 10.2 Å². The van der Waals surface area contributed by atoms with Crippen molar-refractivity contribution in [3.63, 3.8) is 0 Å². The third-order valence-electron chi connectivity index (χ3n) is 6.56. The van der Waals surface area contributed by atoms with Crippen LogP contribution < -0.4 is 14.4 Å². The number of carbonyl (C=O) groups is 1. The fourth-order valence-electron chi connectivity index (χ4n) is 4.77. The molecular weight excluding hydrogens is 532 g/mol. The highest BCUT2D eigenvalue weighted by molar-refractivity contribution is 7.98. The van der Waals surface area contributed by atoms with Crippen molar-refractivity contribution in [2.75, 3.05) is 12.0 Å². The van der Waals surface area contributed by atoms with Crippen LogP contribution in [0.5, 0.6) is 11.6 Å². The molecule has 0 saturated carbocycles. The molecule has 7 nitrogen and oxygen atoms in total. The van der Waals surface area contributed by atoms with Gasteiger partial charge in [-0.05, 0) is 34.5 Å². The van der Waals surface area contributed by atoms with Gasteiger partial charge < -0.3 is 9.47 Å². The summed E-state index contributed by atoms with van der Waals surface area (Å²) in [5.41, 5.74) is 3.50. The molecule has 1 unspecified atom stereocenters. The van der Waals surface area contributed by atoms with E-state index in [-0.39, 0.29) is 11.8 Å². The number of halogens is 1. The lowest BCUT2D eigenvalue weighted by atomic mass is 10.0. The summed E-state index contributed by atoms with van der Waals surface area (Å²) in [7, 11) is 1.61. The minimum atomic E-state index is -0.871. The predicted octanol–water partition coefficient (Wildman–Crippen LogP) is 7.09. The van der Waals surface area contributed by atoms with Gasteiger partial charge in [0.25, 0.3) is 0 Å². The highest BCUT2D eigenvalue weighted by Crippen LogP contribution is 2.46. The Morgan fingerprint density at radius 3 is 2.59 bits per heavy atom. The number of amides is 1. The van der Waals surface area contributed by atoms with E-state index in [0.29, 0.717) is 38.6 Å². The van der Waals surface area contributed by atoms with Crippen LogP contribution >= 0.6 is 23.4 Å². The van der Waals surface area contributed by atoms with Crippen LogP contribution in [-0.2, 0) is 10.5 Å². The molecule has 1 aliphatic rings. The van der Waals surface area contributed by atoms with Gasteiger partial charge in [0.05, 0.1) is 18.4 Å². The lowest BCUT2D eigenvalue weighted by molar-refractivity contribution is -0.118. The monoisotopic (exact) mass is 554 g/mol. The van der Waals surface area contributed by atoms with Crippen molar-refractivity contribution < 1.29 is 14.3 Å². The molecule has 1 aliphatic heterocycles. The van der Waals surface area contributed by atoms with Crippen LogP contribution in [0.15, 0.2) is 90.1 Å². The van der Waals surface area contributed by atoms with Gasteiger partial charge in [0.2, 0.25) is 23.2 Å². The molecule has 0 saturated heterocycles. The Morgan fingerprint density at radius 2 is 1.77 bits per heavy atom. The van der Waals surface area contributed by atoms with Crippen LogP contribution in [0, 0.1) is 0 Å². The molecule has 1 amide bonds. The first-order chi connectivity index (χ1) is 19.0. The van der Waals surface area contributed by atoms with Crippen LogP contribution in [0.25, 0.3) is 22.0 Å². The highest BCUT2D eigenvalue weighted by Gasteiger charge is 2.37. The molecule has 0 bridgehead atoms. The molecule has 9 heteroatoms. The summed E-state index contributed by atoms with van der Waals surface area (Å²) < 4.78 is 12.4. The lowest BCUT2D eigenvalue weighted by Gasteiger charge is -2.31. The van der Waals surface area contributed by atoms with Crippen LogP contribution in [0.4, 0.5) is 5.69 Å². The number of rotatable bonds is 5. The molecule has 0 N–H and O–H groups in total. The normalized spacial score (nSPS) is 14.2. The van der Waals surface area contributed by atoms with Gasteiger partial charge in [-0.1, -0.05) is 90.1 Å². The van der Waals surface area contributed by atoms with Crippen LogP contribution in [0.3, 0.4) is 0 Å². The number of hydrogen-bond donors (Lipinski definition) is 0. The maximum absolute atomic E-state index is 13.3. The van der Waals surface area contributed by atoms with Crippen molar-refractivity contribution in [2.45, 2.75) is 24.1 Å². The molecule has 4 aromatic carbocycles. The molecule has 0 aliphatic carbocycles. The van der Waals surface area contributed by atoms with E-state index in [1.165, 1.54) is 18.7 Å². The molecule has 1 aromatic heterocycles. The largest absolute Gasteiger partial charge is 0.496 e. The van der Waals surface area contributed by atoms with Gasteiger partial charge in [0.1, 0.15) is 5.75 Å². The minimum Gasteiger partial charge on any atom is -0.496 e. The molecular formula is C30H23ClN4O3S. The van der Waals surface area contributed by atoms with Crippen molar-refractivity contribution in [3.05, 3.63) is 101 Å². The average molecular weight is 555 g/mol. The van der Waals surface area contributed by atoms with E-state index >= 15 is 0 Å². The predicted molar refractivity (Wildman–Crippen MR) is 153 cm³/mol. The van der Waals surface area contributed by atoms with E-state index in [1.54, 1.807) is 12.0 Å². The third kappa shape index (κ3) is 4.66. The standard InChI is InChI=1S/C30H23ClN4O3S/c1-18(36)35-24-14-8-6-12-22(24)27-28(32-30(34-33-27)39-17-20-10-4-7-13-23(20)31)38-29(35)26-21-11-5-3-9-19(21)15-16-25(26)37-2/h3-16,29H,17H2,1-2H3. The number of thioether (sulfide) groups is 1. The number of methoxy groups -OCH3 is 1. The topological polar surface area (TPSA) is 77.4 Å². The maximum Gasteiger partial charge on any atom is 0.247 e. The molecule has 0 radical (unpaired) electrons. The first kappa shape index (κ1) is 25.2. The summed E-state index contributed by atoms with van der Waals surface area (Å²) in [4.78, 5) is 19.7. The summed E-state index contributed by atoms with van der Waals surface area (Å²) in [6.45, 7) is 1.52. The van der Waals surface area contributed by atoms with Crippen LogP contribution in [-0.4, -0.2) is 28.2 Å². The second kappa shape index (κ2) is 10.6. The Kier molecular flexibility index (Phi) is 6.81. The van der Waals surface area contributed by atoms with Gasteiger partial charge in [0.15, 0.2) is 5.69 Å². The number of aromatic nitrogens is 3. The summed E-state index contributed by atoms with van der Waals surface area (Å²) in [6, 6.07) is 27.0. The fourth-order valence-corrected chi connectivity index (χ4v) is 5.83. The quantitative estimate of drug-likeness (QED) is 0.215. The Labute approximate surface area is 234 Å². The minimum absolute atomic E-state index is 0.198. The Hall–Kier alpha value is -4.14. The van der Waals surface area contributed by atoms with E-state index in [0.717, 1.165) is 21.9 Å². The summed E-state index contributed by atoms with van der Waals surface area (Å²) in [5.74, 6) is 1.25. The van der Waals surface area contributed by atoms with Gasteiger partial charge in [-0.25, -0.2) is 0 Å². The summed E-state index contributed by atoms with van der Waals surface area (Å²) in [5, 5.41) is 11.9.